The van der Waals surface area contributed by atoms with Crippen LogP contribution in [0.3, 0.4) is 0 Å². The number of rotatable bonds is 6. The van der Waals surface area contributed by atoms with Crippen molar-refractivity contribution < 1.29 is 36.9 Å². The third-order valence-corrected chi connectivity index (χ3v) is 6.70. The number of hydrogen-bond acceptors (Lipinski definition) is 8. The van der Waals surface area contributed by atoms with Gasteiger partial charge in [0, 0.05) is 11.6 Å². The van der Waals surface area contributed by atoms with Crippen LogP contribution in [0.15, 0.2) is 42.5 Å². The molecule has 1 atom stereocenters. The average Bonchev–Trinajstić information content (AvgIpc) is 3.14. The topological polar surface area (TPSA) is 105 Å². The van der Waals surface area contributed by atoms with Gasteiger partial charge in [-0.05, 0) is 73.1 Å². The highest BCUT2D eigenvalue weighted by Crippen LogP contribution is 2.38. The van der Waals surface area contributed by atoms with Crippen molar-refractivity contribution in [2.45, 2.75) is 44.3 Å². The highest BCUT2D eigenvalue weighted by atomic mass is 19.4. The normalized spacial score (nSPS) is 17.6. The van der Waals surface area contributed by atoms with Gasteiger partial charge in [0.15, 0.2) is 0 Å². The predicted molar refractivity (Wildman–Crippen MR) is 137 cm³/mol. The average molecular weight is 557 g/mol. The smallest absolute Gasteiger partial charge is 0.416 e. The van der Waals surface area contributed by atoms with Crippen molar-refractivity contribution in [1.29, 1.82) is 0 Å². The second kappa shape index (κ2) is 11.4. The molecule has 0 spiro atoms. The lowest BCUT2D eigenvalue weighted by molar-refractivity contribution is -0.137. The van der Waals surface area contributed by atoms with Gasteiger partial charge in [0.1, 0.15) is 11.5 Å². The zero-order valence-corrected chi connectivity index (χ0v) is 21.9. The molecule has 0 fully saturated rings. The molecular weight excluding hydrogens is 529 g/mol. The van der Waals surface area contributed by atoms with E-state index in [1.807, 2.05) is 12.1 Å². The fourth-order valence-electron chi connectivity index (χ4n) is 4.83. The number of hydrogen-bond donors (Lipinski definition) is 1. The SMILES string of the molecule is COc1nc(OC)nc(Oc2ccc3c(c2)C(NC(=O)/C=C2\CCCOc4cc(C(F)(F)F)ccc42)CCC3)n1. The monoisotopic (exact) mass is 556 g/mol. The Morgan fingerprint density at radius 1 is 1.00 bits per heavy atom. The molecule has 40 heavy (non-hydrogen) atoms. The summed E-state index contributed by atoms with van der Waals surface area (Å²) in [5.74, 6) is 0.255. The molecule has 9 nitrogen and oxygen atoms in total. The van der Waals surface area contributed by atoms with E-state index < -0.39 is 11.7 Å². The maximum atomic E-state index is 13.2. The number of methoxy groups -OCH3 is 2. The van der Waals surface area contributed by atoms with Crippen LogP contribution in [0.4, 0.5) is 13.2 Å². The summed E-state index contributed by atoms with van der Waals surface area (Å²) >= 11 is 0. The van der Waals surface area contributed by atoms with Crippen LogP contribution in [0.1, 0.15) is 54.0 Å². The Balaban J connectivity index is 1.36. The van der Waals surface area contributed by atoms with Crippen LogP contribution in [-0.4, -0.2) is 41.7 Å². The number of nitrogens with one attached hydrogen (secondary N) is 1. The van der Waals surface area contributed by atoms with Crippen molar-refractivity contribution >= 4 is 11.5 Å². The van der Waals surface area contributed by atoms with Gasteiger partial charge in [0.2, 0.25) is 5.91 Å². The lowest BCUT2D eigenvalue weighted by Gasteiger charge is -2.26. The van der Waals surface area contributed by atoms with Crippen molar-refractivity contribution in [2.24, 2.45) is 0 Å². The van der Waals surface area contributed by atoms with Crippen LogP contribution >= 0.6 is 0 Å². The Morgan fingerprint density at radius 3 is 2.48 bits per heavy atom. The maximum Gasteiger partial charge on any atom is 0.416 e. The Labute approximate surface area is 228 Å². The number of aromatic nitrogens is 3. The molecule has 5 rings (SSSR count). The number of carbonyl (C=O) groups excluding carboxylic acids is 1. The predicted octanol–water partition coefficient (Wildman–Crippen LogP) is 5.45. The summed E-state index contributed by atoms with van der Waals surface area (Å²) in [6, 6.07) is 8.73. The molecule has 1 unspecified atom stereocenters. The third-order valence-electron chi connectivity index (χ3n) is 6.70. The van der Waals surface area contributed by atoms with Crippen molar-refractivity contribution in [1.82, 2.24) is 20.3 Å². The number of alkyl halides is 3. The van der Waals surface area contributed by atoms with Gasteiger partial charge < -0.3 is 24.3 Å². The van der Waals surface area contributed by atoms with E-state index in [0.717, 1.165) is 36.1 Å². The van der Waals surface area contributed by atoms with E-state index in [1.165, 1.54) is 26.4 Å². The molecule has 0 bridgehead atoms. The standard InChI is InChI=1S/C28H27F3N4O5/c1-37-25-33-26(38-2)35-27(34-25)40-19-10-8-16-5-3-7-22(21(16)15-19)32-24(36)13-17-6-4-12-39-23-14-18(28(29,30)31)9-11-20(17)23/h8-11,13-15,22H,3-7,12H2,1-2H3,(H,32,36)/b17-13+. The number of ether oxygens (including phenoxy) is 4. The zero-order valence-electron chi connectivity index (χ0n) is 21.9. The molecule has 210 valence electrons. The number of amides is 1. The minimum atomic E-state index is -4.48. The molecule has 12 heteroatoms. The lowest BCUT2D eigenvalue weighted by atomic mass is 9.87. The fourth-order valence-corrected chi connectivity index (χ4v) is 4.83. The third kappa shape index (κ3) is 6.11. The van der Waals surface area contributed by atoms with Gasteiger partial charge in [-0.3, -0.25) is 4.79 Å². The number of benzene rings is 2. The Hall–Kier alpha value is -4.35. The molecule has 0 radical (unpaired) electrons. The van der Waals surface area contributed by atoms with Crippen LogP contribution in [0.25, 0.3) is 5.57 Å². The van der Waals surface area contributed by atoms with Gasteiger partial charge in [-0.15, -0.1) is 15.0 Å². The first kappa shape index (κ1) is 27.2. The molecule has 3 aromatic rings. The second-order valence-corrected chi connectivity index (χ2v) is 9.34. The first-order chi connectivity index (χ1) is 19.2. The highest BCUT2D eigenvalue weighted by Gasteiger charge is 2.32. The Morgan fingerprint density at radius 2 is 1.75 bits per heavy atom. The molecular formula is C28H27F3N4O5. The van der Waals surface area contributed by atoms with Crippen LogP contribution in [0, 0.1) is 0 Å². The van der Waals surface area contributed by atoms with Crippen LogP contribution in [0.5, 0.6) is 29.5 Å². The van der Waals surface area contributed by atoms with Crippen molar-refractivity contribution in [2.75, 3.05) is 20.8 Å². The summed E-state index contributed by atoms with van der Waals surface area (Å²) in [6.07, 6.45) is 0.506. The molecule has 0 saturated heterocycles. The van der Waals surface area contributed by atoms with Crippen molar-refractivity contribution in [3.05, 3.63) is 64.7 Å². The largest absolute Gasteiger partial charge is 0.493 e. The van der Waals surface area contributed by atoms with E-state index in [-0.39, 0.29) is 42.3 Å². The van der Waals surface area contributed by atoms with Crippen molar-refractivity contribution in [3.63, 3.8) is 0 Å². The molecule has 2 aliphatic rings. The second-order valence-electron chi connectivity index (χ2n) is 9.34. The van der Waals surface area contributed by atoms with E-state index in [4.69, 9.17) is 18.9 Å². The van der Waals surface area contributed by atoms with Crippen molar-refractivity contribution in [3.8, 4) is 29.5 Å². The quantitative estimate of drug-likeness (QED) is 0.400. The van der Waals surface area contributed by atoms with Gasteiger partial charge in [0.05, 0.1) is 32.4 Å². The lowest BCUT2D eigenvalue weighted by Crippen LogP contribution is -2.29. The fraction of sp³-hybridized carbons (Fsp3) is 0.357. The van der Waals surface area contributed by atoms with Gasteiger partial charge in [0.25, 0.3) is 0 Å². The number of aryl methyl sites for hydroxylation is 1. The van der Waals surface area contributed by atoms with E-state index in [1.54, 1.807) is 6.07 Å². The van der Waals surface area contributed by atoms with E-state index in [0.29, 0.717) is 36.1 Å². The minimum Gasteiger partial charge on any atom is -0.493 e. The Bertz CT molecular complexity index is 1420. The first-order valence-electron chi connectivity index (χ1n) is 12.7. The van der Waals surface area contributed by atoms with E-state index in [9.17, 15) is 18.0 Å². The first-order valence-corrected chi connectivity index (χ1v) is 12.7. The number of carbonyl (C=O) groups is 1. The van der Waals surface area contributed by atoms with Gasteiger partial charge in [-0.1, -0.05) is 12.1 Å². The van der Waals surface area contributed by atoms with Gasteiger partial charge in [-0.2, -0.15) is 13.2 Å². The molecule has 1 aromatic heterocycles. The number of allylic oxidation sites excluding steroid dienone is 1. The van der Waals surface area contributed by atoms with Crippen LogP contribution in [0.2, 0.25) is 0 Å². The van der Waals surface area contributed by atoms with Gasteiger partial charge >= 0.3 is 24.2 Å². The summed E-state index contributed by atoms with van der Waals surface area (Å²) in [5, 5.41) is 3.06. The summed E-state index contributed by atoms with van der Waals surface area (Å²) < 4.78 is 61.2. The zero-order chi connectivity index (χ0) is 28.3. The Kier molecular flexibility index (Phi) is 7.76. The van der Waals surface area contributed by atoms with E-state index in [2.05, 4.69) is 20.3 Å². The molecule has 2 aromatic carbocycles. The minimum absolute atomic E-state index is 0.00675. The number of halogens is 3. The molecule has 0 saturated carbocycles. The molecule has 1 amide bonds. The van der Waals surface area contributed by atoms with Gasteiger partial charge in [-0.25, -0.2) is 0 Å². The molecule has 1 aliphatic heterocycles. The van der Waals surface area contributed by atoms with Crippen LogP contribution < -0.4 is 24.3 Å². The maximum absolute atomic E-state index is 13.2. The molecule has 1 aliphatic carbocycles. The highest BCUT2D eigenvalue weighted by molar-refractivity contribution is 5.96. The summed E-state index contributed by atoms with van der Waals surface area (Å²) in [4.78, 5) is 25.3. The molecule has 2 heterocycles. The summed E-state index contributed by atoms with van der Waals surface area (Å²) in [5.41, 5.74) is 2.31. The summed E-state index contributed by atoms with van der Waals surface area (Å²) in [7, 11) is 2.83. The number of fused-ring (bicyclic) bond motifs is 2. The molecule has 1 N–H and O–H groups in total. The number of nitrogens with zero attached hydrogens (tertiary/aromatic N) is 3. The van der Waals surface area contributed by atoms with E-state index >= 15 is 0 Å². The summed E-state index contributed by atoms with van der Waals surface area (Å²) in [6.45, 7) is 0.269. The van der Waals surface area contributed by atoms with Crippen LogP contribution in [-0.2, 0) is 17.4 Å².